The SMILES string of the molecule is O/N=C(/Cl)Br. The average Bonchev–Trinajstić information content (AvgIpc) is 1.38. The van der Waals surface area contributed by atoms with Crippen molar-refractivity contribution in [2.24, 2.45) is 5.16 Å². The van der Waals surface area contributed by atoms with Gasteiger partial charge >= 0.3 is 0 Å². The highest BCUT2D eigenvalue weighted by Crippen LogP contribution is 1.90. The fraction of sp³-hybridized carbons (Fsp3) is 0. The molecule has 2 nitrogen and oxygen atoms in total. The normalized spacial score (nSPS) is 12.0. The lowest BCUT2D eigenvalue weighted by Gasteiger charge is -1.66. The summed E-state index contributed by atoms with van der Waals surface area (Å²) in [5.74, 6) is 0. The van der Waals surface area contributed by atoms with Crippen LogP contribution in [-0.4, -0.2) is 9.29 Å². The summed E-state index contributed by atoms with van der Waals surface area (Å²) < 4.78 is -0.0301. The molecule has 0 aromatic carbocycles. The van der Waals surface area contributed by atoms with Crippen LogP contribution in [0.3, 0.4) is 0 Å². The predicted octanol–water partition coefficient (Wildman–Crippen LogP) is 1.37. The highest BCUT2D eigenvalue weighted by molar-refractivity contribution is 9.19. The average molecular weight is 158 g/mol. The molecule has 30 valence electrons. The van der Waals surface area contributed by atoms with Gasteiger partial charge in [-0.3, -0.25) is 0 Å². The topological polar surface area (TPSA) is 32.6 Å². The van der Waals surface area contributed by atoms with Gasteiger partial charge in [0, 0.05) is 0 Å². The van der Waals surface area contributed by atoms with Gasteiger partial charge in [0.25, 0.3) is 0 Å². The fourth-order valence-corrected chi connectivity index (χ4v) is 0. The Kier molecular flexibility index (Phi) is 2.59. The van der Waals surface area contributed by atoms with Crippen LogP contribution >= 0.6 is 27.5 Å². The van der Waals surface area contributed by atoms with E-state index in [9.17, 15) is 0 Å². The van der Waals surface area contributed by atoms with E-state index in [-0.39, 0.29) is 4.08 Å². The molecule has 0 aromatic heterocycles. The molecule has 0 atom stereocenters. The molecule has 0 aromatic rings. The minimum Gasteiger partial charge on any atom is -0.409 e. The van der Waals surface area contributed by atoms with E-state index in [1.165, 1.54) is 0 Å². The molecule has 0 bridgehead atoms. The van der Waals surface area contributed by atoms with E-state index in [2.05, 4.69) is 21.1 Å². The third-order valence-electron chi connectivity index (χ3n) is 0.0756. The minimum absolute atomic E-state index is 0.0301. The van der Waals surface area contributed by atoms with Crippen molar-refractivity contribution in [2.45, 2.75) is 0 Å². The van der Waals surface area contributed by atoms with Crippen molar-refractivity contribution in [3.8, 4) is 0 Å². The summed E-state index contributed by atoms with van der Waals surface area (Å²) in [6, 6.07) is 0. The molecule has 0 aliphatic heterocycles. The molecule has 0 saturated carbocycles. The van der Waals surface area contributed by atoms with Crippen LogP contribution in [0.2, 0.25) is 0 Å². The van der Waals surface area contributed by atoms with Crippen molar-refractivity contribution in [3.63, 3.8) is 0 Å². The molecule has 0 aliphatic rings. The quantitative estimate of drug-likeness (QED) is 0.322. The van der Waals surface area contributed by atoms with E-state index in [1.807, 2.05) is 0 Å². The van der Waals surface area contributed by atoms with Gasteiger partial charge in [0.2, 0.25) is 4.08 Å². The van der Waals surface area contributed by atoms with Gasteiger partial charge in [0.1, 0.15) is 0 Å². The van der Waals surface area contributed by atoms with Gasteiger partial charge in [0.05, 0.1) is 0 Å². The zero-order valence-electron chi connectivity index (χ0n) is 2.15. The van der Waals surface area contributed by atoms with Crippen LogP contribution in [0, 0.1) is 0 Å². The third kappa shape index (κ3) is 4.24. The number of hydrogen-bond donors (Lipinski definition) is 1. The van der Waals surface area contributed by atoms with Gasteiger partial charge in [-0.25, -0.2) is 0 Å². The van der Waals surface area contributed by atoms with Gasteiger partial charge < -0.3 is 5.21 Å². The third-order valence-corrected chi connectivity index (χ3v) is 0.310. The summed E-state index contributed by atoms with van der Waals surface area (Å²) >= 11 is 7.52. The molecule has 0 fully saturated rings. The zero-order valence-corrected chi connectivity index (χ0v) is 4.49. The first kappa shape index (κ1) is 5.24. The van der Waals surface area contributed by atoms with Crippen molar-refractivity contribution in [1.82, 2.24) is 0 Å². The number of hydrogen-bond acceptors (Lipinski definition) is 2. The van der Waals surface area contributed by atoms with E-state index in [0.717, 1.165) is 0 Å². The number of rotatable bonds is 0. The van der Waals surface area contributed by atoms with Crippen molar-refractivity contribution in [2.75, 3.05) is 0 Å². The van der Waals surface area contributed by atoms with Gasteiger partial charge in [-0.05, 0) is 15.9 Å². The molecule has 0 rings (SSSR count). The molecule has 1 N–H and O–H groups in total. The molecule has 0 aliphatic carbocycles. The van der Waals surface area contributed by atoms with Crippen molar-refractivity contribution < 1.29 is 5.21 Å². The molecule has 4 heteroatoms. The monoisotopic (exact) mass is 157 g/mol. The first-order valence-electron chi connectivity index (χ1n) is 0.802. The van der Waals surface area contributed by atoms with E-state index >= 15 is 0 Å². The lowest BCUT2D eigenvalue weighted by molar-refractivity contribution is 0.322. The summed E-state index contributed by atoms with van der Waals surface area (Å²) in [4.78, 5) is 0. The summed E-state index contributed by atoms with van der Waals surface area (Å²) in [6.07, 6.45) is 0. The largest absolute Gasteiger partial charge is 0.409 e. The standard InChI is InChI=1S/CHBrClNO/c2-1(3)4-5/h5H/b4-1+. The smallest absolute Gasteiger partial charge is 0.210 e. The Morgan fingerprint density at radius 2 is 2.20 bits per heavy atom. The first-order valence-corrected chi connectivity index (χ1v) is 1.97. The van der Waals surface area contributed by atoms with E-state index < -0.39 is 0 Å². The zero-order chi connectivity index (χ0) is 4.28. The molecular weight excluding hydrogens is 157 g/mol. The number of oxime groups is 1. The van der Waals surface area contributed by atoms with Crippen LogP contribution in [0.1, 0.15) is 0 Å². The summed E-state index contributed by atoms with van der Waals surface area (Å²) in [5, 5.41) is 10.0. The van der Waals surface area contributed by atoms with Crippen molar-refractivity contribution >= 4 is 31.6 Å². The molecule has 0 amide bonds. The molecule has 0 unspecified atom stereocenters. The molecule has 5 heavy (non-hydrogen) atoms. The van der Waals surface area contributed by atoms with Crippen LogP contribution < -0.4 is 0 Å². The fourth-order valence-electron chi connectivity index (χ4n) is 0. The van der Waals surface area contributed by atoms with Crippen LogP contribution in [-0.2, 0) is 0 Å². The highest BCUT2D eigenvalue weighted by atomic mass is 79.9. The lowest BCUT2D eigenvalue weighted by atomic mass is 11.7. The summed E-state index contributed by atoms with van der Waals surface area (Å²) in [6.45, 7) is 0. The Hall–Kier alpha value is 0.240. The lowest BCUT2D eigenvalue weighted by Crippen LogP contribution is -1.61. The number of halogens is 2. The maximum atomic E-state index is 7.55. The van der Waals surface area contributed by atoms with Crippen LogP contribution in [0.4, 0.5) is 0 Å². The predicted molar refractivity (Wildman–Crippen MR) is 24.0 cm³/mol. The minimum atomic E-state index is -0.0301. The Labute approximate surface area is 42.6 Å². The van der Waals surface area contributed by atoms with E-state index in [4.69, 9.17) is 16.8 Å². The maximum Gasteiger partial charge on any atom is 0.210 e. The Bertz CT molecular complexity index is 49.6. The van der Waals surface area contributed by atoms with Gasteiger partial charge in [-0.15, -0.1) is 0 Å². The Morgan fingerprint density at radius 1 is 2.00 bits per heavy atom. The van der Waals surface area contributed by atoms with Crippen LogP contribution in [0.15, 0.2) is 5.16 Å². The van der Waals surface area contributed by atoms with Crippen molar-refractivity contribution in [1.29, 1.82) is 0 Å². The van der Waals surface area contributed by atoms with Gasteiger partial charge in [-0.2, -0.15) is 0 Å². The van der Waals surface area contributed by atoms with Gasteiger partial charge in [-0.1, -0.05) is 16.8 Å². The molecule has 0 saturated heterocycles. The molecule has 0 heterocycles. The van der Waals surface area contributed by atoms with E-state index in [0.29, 0.717) is 0 Å². The molecule has 0 spiro atoms. The summed E-state index contributed by atoms with van der Waals surface area (Å²) in [7, 11) is 0. The molecular formula is CHBrClNO. The second-order valence-electron chi connectivity index (χ2n) is 0.340. The Morgan fingerprint density at radius 3 is 2.20 bits per heavy atom. The van der Waals surface area contributed by atoms with Crippen LogP contribution in [0.5, 0.6) is 0 Å². The maximum absolute atomic E-state index is 7.55. The number of nitrogens with zero attached hydrogens (tertiary/aromatic N) is 1. The molecule has 0 radical (unpaired) electrons. The van der Waals surface area contributed by atoms with Crippen LogP contribution in [0.25, 0.3) is 0 Å². The van der Waals surface area contributed by atoms with Gasteiger partial charge in [0.15, 0.2) is 0 Å². The van der Waals surface area contributed by atoms with Crippen molar-refractivity contribution in [3.05, 3.63) is 0 Å². The Balaban J connectivity index is 3.14. The summed E-state index contributed by atoms with van der Waals surface area (Å²) in [5.41, 5.74) is 0. The second-order valence-corrected chi connectivity index (χ2v) is 1.91. The first-order chi connectivity index (χ1) is 2.27. The second kappa shape index (κ2) is 2.48. The van der Waals surface area contributed by atoms with E-state index in [1.54, 1.807) is 0 Å². The highest BCUT2D eigenvalue weighted by Gasteiger charge is 1.73.